The number of aliphatic carboxylic acids is 1. The predicted octanol–water partition coefficient (Wildman–Crippen LogP) is 3.63. The van der Waals surface area contributed by atoms with E-state index >= 15 is 0 Å². The minimum absolute atomic E-state index is 0.165. The minimum atomic E-state index is -1.11. The predicted molar refractivity (Wildman–Crippen MR) is 109 cm³/mol. The number of rotatable bonds is 6. The highest BCUT2D eigenvalue weighted by Gasteiger charge is 2.23. The Morgan fingerprint density at radius 2 is 1.89 bits per heavy atom. The van der Waals surface area contributed by atoms with Crippen molar-refractivity contribution in [2.24, 2.45) is 0 Å². The third-order valence-corrected chi connectivity index (χ3v) is 4.70. The van der Waals surface area contributed by atoms with Crippen molar-refractivity contribution in [3.05, 3.63) is 81.7 Å². The Morgan fingerprint density at radius 1 is 1.18 bits per heavy atom. The number of ether oxygens (including phenoxy) is 1. The molecule has 7 heteroatoms. The highest BCUT2D eigenvalue weighted by atomic mass is 35.5. The van der Waals surface area contributed by atoms with Crippen LogP contribution in [0.3, 0.4) is 0 Å². The average molecular weight is 399 g/mol. The van der Waals surface area contributed by atoms with Gasteiger partial charge in [-0.25, -0.2) is 4.79 Å². The van der Waals surface area contributed by atoms with Crippen LogP contribution in [0.1, 0.15) is 11.6 Å². The van der Waals surface area contributed by atoms with Crippen LogP contribution in [0.15, 0.2) is 65.6 Å². The third kappa shape index (κ3) is 4.02. The van der Waals surface area contributed by atoms with Gasteiger partial charge in [-0.1, -0.05) is 41.9 Å². The second-order valence-corrected chi connectivity index (χ2v) is 6.71. The van der Waals surface area contributed by atoms with E-state index in [9.17, 15) is 14.7 Å². The number of carboxylic acid groups (broad SMARTS) is 1. The molecule has 1 aromatic heterocycles. The number of aromatic nitrogens is 1. The molecule has 0 saturated carbocycles. The first-order valence-electron chi connectivity index (χ1n) is 8.53. The number of anilines is 1. The first-order valence-corrected chi connectivity index (χ1v) is 8.91. The number of nitrogens with zero attached hydrogens (tertiary/aromatic N) is 1. The molecule has 3 rings (SSSR count). The molecule has 0 saturated heterocycles. The zero-order valence-electron chi connectivity index (χ0n) is 15.1. The molecule has 0 radical (unpaired) electrons. The highest BCUT2D eigenvalue weighted by molar-refractivity contribution is 6.31. The molecular weight excluding hydrogens is 380 g/mol. The number of hydrogen-bond donors (Lipinski definition) is 2. The van der Waals surface area contributed by atoms with Crippen molar-refractivity contribution >= 4 is 23.3 Å². The van der Waals surface area contributed by atoms with Crippen LogP contribution >= 0.6 is 11.6 Å². The molecule has 0 aliphatic heterocycles. The van der Waals surface area contributed by atoms with Gasteiger partial charge in [0.1, 0.15) is 11.8 Å². The van der Waals surface area contributed by atoms with E-state index in [0.717, 1.165) is 5.56 Å². The number of benzene rings is 2. The van der Waals surface area contributed by atoms with E-state index in [4.69, 9.17) is 22.1 Å². The van der Waals surface area contributed by atoms with Crippen LogP contribution in [0.5, 0.6) is 5.75 Å². The molecular formula is C21H19ClN2O4. The third-order valence-electron chi connectivity index (χ3n) is 4.46. The van der Waals surface area contributed by atoms with E-state index in [1.54, 1.807) is 18.2 Å². The molecule has 1 heterocycles. The number of methoxy groups -OCH3 is 1. The Morgan fingerprint density at radius 3 is 2.54 bits per heavy atom. The summed E-state index contributed by atoms with van der Waals surface area (Å²) >= 11 is 6.06. The summed E-state index contributed by atoms with van der Waals surface area (Å²) in [6, 6.07) is 14.3. The van der Waals surface area contributed by atoms with E-state index in [2.05, 4.69) is 0 Å². The number of carbonyl (C=O) groups is 1. The van der Waals surface area contributed by atoms with Gasteiger partial charge in [-0.2, -0.15) is 0 Å². The number of carboxylic acids is 1. The monoisotopic (exact) mass is 398 g/mol. The molecule has 3 aromatic rings. The highest BCUT2D eigenvalue weighted by Crippen LogP contribution is 2.34. The number of pyridine rings is 1. The number of halogens is 1. The molecule has 0 fully saturated rings. The van der Waals surface area contributed by atoms with E-state index in [0.29, 0.717) is 27.6 Å². The fraction of sp³-hybridized carbons (Fsp3) is 0.143. The maximum Gasteiger partial charge on any atom is 0.327 e. The lowest BCUT2D eigenvalue weighted by atomic mass is 10.0. The van der Waals surface area contributed by atoms with Gasteiger partial charge in [0.15, 0.2) is 0 Å². The van der Waals surface area contributed by atoms with Crippen LogP contribution in [-0.4, -0.2) is 22.8 Å². The Kier molecular flexibility index (Phi) is 5.70. The van der Waals surface area contributed by atoms with E-state index in [1.807, 2.05) is 30.3 Å². The second-order valence-electron chi connectivity index (χ2n) is 6.28. The summed E-state index contributed by atoms with van der Waals surface area (Å²) in [4.78, 5) is 24.7. The Balaban J connectivity index is 2.11. The quantitative estimate of drug-likeness (QED) is 0.618. The molecule has 0 aliphatic carbocycles. The molecule has 3 N–H and O–H groups in total. The van der Waals surface area contributed by atoms with E-state index in [1.165, 1.54) is 23.9 Å². The molecule has 1 unspecified atom stereocenters. The van der Waals surface area contributed by atoms with Gasteiger partial charge in [0, 0.05) is 34.3 Å². The Hall–Kier alpha value is -3.25. The molecule has 0 amide bonds. The standard InChI is InChI=1S/C21H19ClN2O4/c1-28-19-12-24(18(21(26)27)9-13-5-3-2-4-6-13)20(25)11-16(19)15-10-14(22)7-8-17(15)23/h2-8,10-12,18H,9,23H2,1H3,(H,26,27). The molecule has 6 nitrogen and oxygen atoms in total. The van der Waals surface area contributed by atoms with Crippen LogP contribution in [0.25, 0.3) is 11.1 Å². The zero-order valence-corrected chi connectivity index (χ0v) is 15.9. The van der Waals surface area contributed by atoms with Gasteiger partial charge in [0.25, 0.3) is 5.56 Å². The fourth-order valence-corrected chi connectivity index (χ4v) is 3.22. The van der Waals surface area contributed by atoms with Gasteiger partial charge in [-0.3, -0.25) is 9.36 Å². The summed E-state index contributed by atoms with van der Waals surface area (Å²) in [5.41, 5.74) is 7.79. The molecule has 2 aromatic carbocycles. The smallest absolute Gasteiger partial charge is 0.327 e. The number of nitrogens with two attached hydrogens (primary N) is 1. The Bertz CT molecular complexity index is 1060. The second kappa shape index (κ2) is 8.19. The lowest BCUT2D eigenvalue weighted by molar-refractivity contribution is -0.141. The molecule has 0 spiro atoms. The minimum Gasteiger partial charge on any atom is -0.495 e. The summed E-state index contributed by atoms with van der Waals surface area (Å²) in [5, 5.41) is 10.2. The fourth-order valence-electron chi connectivity index (χ4n) is 3.05. The molecule has 1 atom stereocenters. The number of hydrogen-bond acceptors (Lipinski definition) is 4. The van der Waals surface area contributed by atoms with Crippen LogP contribution in [0.4, 0.5) is 5.69 Å². The van der Waals surface area contributed by atoms with E-state index < -0.39 is 17.6 Å². The SMILES string of the molecule is COc1cn(C(Cc2ccccc2)C(=O)O)c(=O)cc1-c1cc(Cl)ccc1N. The average Bonchev–Trinajstić information content (AvgIpc) is 2.68. The van der Waals surface area contributed by atoms with Gasteiger partial charge in [-0.15, -0.1) is 0 Å². The van der Waals surface area contributed by atoms with Gasteiger partial charge in [0.2, 0.25) is 0 Å². The molecule has 0 bridgehead atoms. The van der Waals surface area contributed by atoms with Crippen molar-refractivity contribution in [1.29, 1.82) is 0 Å². The zero-order chi connectivity index (χ0) is 20.3. The van der Waals surface area contributed by atoms with Crippen LogP contribution in [-0.2, 0) is 11.2 Å². The number of nitrogen functional groups attached to an aromatic ring is 1. The summed E-state index contributed by atoms with van der Waals surface area (Å²) in [5.74, 6) is -0.782. The Labute approximate surface area is 166 Å². The van der Waals surface area contributed by atoms with Crippen LogP contribution in [0, 0.1) is 0 Å². The van der Waals surface area contributed by atoms with Crippen molar-refractivity contribution in [1.82, 2.24) is 4.57 Å². The normalized spacial score (nSPS) is 11.8. The van der Waals surface area contributed by atoms with E-state index in [-0.39, 0.29) is 6.42 Å². The van der Waals surface area contributed by atoms with Crippen molar-refractivity contribution in [2.45, 2.75) is 12.5 Å². The van der Waals surface area contributed by atoms with Gasteiger partial charge in [-0.05, 0) is 23.8 Å². The van der Waals surface area contributed by atoms with Gasteiger partial charge >= 0.3 is 5.97 Å². The summed E-state index contributed by atoms with van der Waals surface area (Å²) < 4.78 is 6.58. The van der Waals surface area contributed by atoms with Crippen LogP contribution in [0.2, 0.25) is 5.02 Å². The lowest BCUT2D eigenvalue weighted by Crippen LogP contribution is -2.31. The maximum absolute atomic E-state index is 12.8. The first kappa shape index (κ1) is 19.5. The molecule has 144 valence electrons. The molecule has 28 heavy (non-hydrogen) atoms. The first-order chi connectivity index (χ1) is 13.4. The van der Waals surface area contributed by atoms with Crippen molar-refractivity contribution in [2.75, 3.05) is 12.8 Å². The van der Waals surface area contributed by atoms with Crippen molar-refractivity contribution < 1.29 is 14.6 Å². The van der Waals surface area contributed by atoms with Crippen molar-refractivity contribution in [3.8, 4) is 16.9 Å². The van der Waals surface area contributed by atoms with Gasteiger partial charge < -0.3 is 15.6 Å². The lowest BCUT2D eigenvalue weighted by Gasteiger charge is -2.19. The van der Waals surface area contributed by atoms with Crippen LogP contribution < -0.4 is 16.0 Å². The summed E-state index contributed by atoms with van der Waals surface area (Å²) in [6.07, 6.45) is 1.57. The van der Waals surface area contributed by atoms with Crippen molar-refractivity contribution in [3.63, 3.8) is 0 Å². The van der Waals surface area contributed by atoms with Gasteiger partial charge in [0.05, 0.1) is 13.3 Å². The summed E-state index contributed by atoms with van der Waals surface area (Å²) in [6.45, 7) is 0. The summed E-state index contributed by atoms with van der Waals surface area (Å²) in [7, 11) is 1.45. The largest absolute Gasteiger partial charge is 0.495 e. The molecule has 0 aliphatic rings. The maximum atomic E-state index is 12.8. The topological polar surface area (TPSA) is 94.5 Å².